The normalized spacial score (nSPS) is 12.8. The van der Waals surface area contributed by atoms with E-state index in [1.54, 1.807) is 6.92 Å². The third-order valence-corrected chi connectivity index (χ3v) is 2.71. The summed E-state index contributed by atoms with van der Waals surface area (Å²) in [5.74, 6) is 0. The van der Waals surface area contributed by atoms with Crippen LogP contribution >= 0.6 is 22.6 Å². The molecule has 14 heavy (non-hydrogen) atoms. The van der Waals surface area contributed by atoms with E-state index >= 15 is 0 Å². The van der Waals surface area contributed by atoms with Gasteiger partial charge in [0.15, 0.2) is 0 Å². The smallest absolute Gasteiger partial charge is 0.102 e. The Morgan fingerprint density at radius 2 is 2.00 bits per heavy atom. The molecule has 1 atom stereocenters. The second-order valence-electron chi connectivity index (χ2n) is 3.36. The zero-order valence-electron chi connectivity index (χ0n) is 8.33. The number of nitrogens with one attached hydrogen (secondary N) is 1. The molecule has 0 aliphatic carbocycles. The van der Waals surface area contributed by atoms with Gasteiger partial charge in [-0.2, -0.15) is 0 Å². The van der Waals surface area contributed by atoms with E-state index in [-0.39, 0.29) is 0 Å². The van der Waals surface area contributed by atoms with Gasteiger partial charge in [0.05, 0.1) is 0 Å². The minimum absolute atomic E-state index is 0.397. The van der Waals surface area contributed by atoms with Crippen molar-refractivity contribution in [2.45, 2.75) is 26.0 Å². The summed E-state index contributed by atoms with van der Waals surface area (Å²) in [5, 5.41) is 12.0. The molecule has 0 spiro atoms. The summed E-state index contributed by atoms with van der Waals surface area (Å²) >= 11 is 2.30. The fourth-order valence-electron chi connectivity index (χ4n) is 1.25. The average Bonchev–Trinajstić information content (AvgIpc) is 2.15. The number of hydrogen-bond donors (Lipinski definition) is 2. The van der Waals surface area contributed by atoms with E-state index in [0.29, 0.717) is 0 Å². The predicted molar refractivity (Wildman–Crippen MR) is 67.2 cm³/mol. The van der Waals surface area contributed by atoms with E-state index < -0.39 is 6.23 Å². The molecule has 0 saturated carbocycles. The van der Waals surface area contributed by atoms with Crippen molar-refractivity contribution in [3.8, 4) is 0 Å². The Hall–Kier alpha value is -0.130. The second-order valence-corrected chi connectivity index (χ2v) is 4.61. The molecule has 1 aromatic rings. The lowest BCUT2D eigenvalue weighted by molar-refractivity contribution is 0.156. The van der Waals surface area contributed by atoms with E-state index in [9.17, 15) is 0 Å². The Bertz CT molecular complexity index is 258. The Morgan fingerprint density at radius 3 is 2.57 bits per heavy atom. The van der Waals surface area contributed by atoms with Crippen LogP contribution < -0.4 is 5.32 Å². The standard InChI is InChI=1S/C11H16INO/c1-9(14)13-8-2-3-10-4-6-11(12)7-5-10/h4-7,9,13-14H,2-3,8H2,1H3. The minimum Gasteiger partial charge on any atom is -0.379 e. The quantitative estimate of drug-likeness (QED) is 0.496. The van der Waals surface area contributed by atoms with Gasteiger partial charge in [-0.25, -0.2) is 0 Å². The Labute approximate surface area is 98.9 Å². The van der Waals surface area contributed by atoms with Gasteiger partial charge in [0.25, 0.3) is 0 Å². The zero-order chi connectivity index (χ0) is 10.4. The van der Waals surface area contributed by atoms with Gasteiger partial charge >= 0.3 is 0 Å². The molecule has 0 aliphatic heterocycles. The third kappa shape index (κ3) is 4.93. The maximum atomic E-state index is 8.97. The van der Waals surface area contributed by atoms with E-state index in [2.05, 4.69) is 52.2 Å². The van der Waals surface area contributed by atoms with Crippen LogP contribution in [0, 0.1) is 3.57 Å². The summed E-state index contributed by atoms with van der Waals surface area (Å²) in [6, 6.07) is 8.56. The number of aryl methyl sites for hydroxylation is 1. The van der Waals surface area contributed by atoms with Crippen LogP contribution in [0.2, 0.25) is 0 Å². The number of benzene rings is 1. The van der Waals surface area contributed by atoms with Crippen molar-refractivity contribution in [1.82, 2.24) is 5.32 Å². The first-order chi connectivity index (χ1) is 6.68. The fraction of sp³-hybridized carbons (Fsp3) is 0.455. The van der Waals surface area contributed by atoms with Gasteiger partial charge in [0.2, 0.25) is 0 Å². The molecule has 0 aromatic heterocycles. The molecule has 1 rings (SSSR count). The molecule has 0 amide bonds. The van der Waals surface area contributed by atoms with Gasteiger partial charge in [-0.3, -0.25) is 5.32 Å². The molecular weight excluding hydrogens is 289 g/mol. The first-order valence-corrected chi connectivity index (χ1v) is 5.92. The Balaban J connectivity index is 2.21. The molecule has 0 aliphatic rings. The van der Waals surface area contributed by atoms with Crippen LogP contribution in [0.4, 0.5) is 0 Å². The zero-order valence-corrected chi connectivity index (χ0v) is 10.5. The van der Waals surface area contributed by atoms with E-state index in [1.807, 2.05) is 0 Å². The third-order valence-electron chi connectivity index (χ3n) is 2.00. The van der Waals surface area contributed by atoms with Gasteiger partial charge in [-0.1, -0.05) is 12.1 Å². The van der Waals surface area contributed by atoms with Gasteiger partial charge < -0.3 is 5.11 Å². The lowest BCUT2D eigenvalue weighted by Gasteiger charge is -2.06. The molecule has 0 saturated heterocycles. The fourth-order valence-corrected chi connectivity index (χ4v) is 1.61. The minimum atomic E-state index is -0.397. The summed E-state index contributed by atoms with van der Waals surface area (Å²) in [7, 11) is 0. The van der Waals surface area contributed by atoms with Gasteiger partial charge in [-0.05, 0) is 66.6 Å². The summed E-state index contributed by atoms with van der Waals surface area (Å²) in [6.07, 6.45) is 1.73. The second kappa shape index (κ2) is 6.37. The van der Waals surface area contributed by atoms with Gasteiger partial charge in [0, 0.05) is 3.57 Å². The Kier molecular flexibility index (Phi) is 5.44. The number of aliphatic hydroxyl groups excluding tert-OH is 1. The Morgan fingerprint density at radius 1 is 1.36 bits per heavy atom. The highest BCUT2D eigenvalue weighted by Gasteiger charge is 1.95. The summed E-state index contributed by atoms with van der Waals surface area (Å²) in [6.45, 7) is 2.61. The highest BCUT2D eigenvalue weighted by atomic mass is 127. The molecule has 3 heteroatoms. The van der Waals surface area contributed by atoms with E-state index in [0.717, 1.165) is 19.4 Å². The van der Waals surface area contributed by atoms with Crippen LogP contribution in [-0.2, 0) is 6.42 Å². The van der Waals surface area contributed by atoms with Gasteiger partial charge in [0.1, 0.15) is 6.23 Å². The lowest BCUT2D eigenvalue weighted by atomic mass is 10.1. The molecule has 0 radical (unpaired) electrons. The van der Waals surface area contributed by atoms with Crippen LogP contribution in [0.3, 0.4) is 0 Å². The summed E-state index contributed by atoms with van der Waals surface area (Å²) < 4.78 is 1.27. The first-order valence-electron chi connectivity index (χ1n) is 4.84. The average molecular weight is 305 g/mol. The first kappa shape index (κ1) is 11.9. The van der Waals surface area contributed by atoms with Crippen LogP contribution in [0.5, 0.6) is 0 Å². The lowest BCUT2D eigenvalue weighted by Crippen LogP contribution is -2.26. The van der Waals surface area contributed by atoms with Crippen LogP contribution in [0.15, 0.2) is 24.3 Å². The van der Waals surface area contributed by atoms with Crippen molar-refractivity contribution in [2.24, 2.45) is 0 Å². The van der Waals surface area contributed by atoms with Crippen molar-refractivity contribution in [1.29, 1.82) is 0 Å². The number of halogens is 1. The number of rotatable bonds is 5. The SMILES string of the molecule is CC(O)NCCCc1ccc(I)cc1. The molecule has 0 bridgehead atoms. The topological polar surface area (TPSA) is 32.3 Å². The van der Waals surface area contributed by atoms with Crippen molar-refractivity contribution in [2.75, 3.05) is 6.54 Å². The van der Waals surface area contributed by atoms with Crippen molar-refractivity contribution in [3.05, 3.63) is 33.4 Å². The van der Waals surface area contributed by atoms with Crippen LogP contribution in [0.25, 0.3) is 0 Å². The maximum Gasteiger partial charge on any atom is 0.102 e. The largest absolute Gasteiger partial charge is 0.379 e. The van der Waals surface area contributed by atoms with Crippen molar-refractivity contribution < 1.29 is 5.11 Å². The van der Waals surface area contributed by atoms with Gasteiger partial charge in [-0.15, -0.1) is 0 Å². The highest BCUT2D eigenvalue weighted by Crippen LogP contribution is 2.08. The molecule has 78 valence electrons. The molecular formula is C11H16INO. The summed E-state index contributed by atoms with van der Waals surface area (Å²) in [4.78, 5) is 0. The maximum absolute atomic E-state index is 8.97. The van der Waals surface area contributed by atoms with Crippen LogP contribution in [-0.4, -0.2) is 17.9 Å². The van der Waals surface area contributed by atoms with E-state index in [4.69, 9.17) is 5.11 Å². The number of hydrogen-bond acceptors (Lipinski definition) is 2. The molecule has 1 aromatic carbocycles. The molecule has 0 fully saturated rings. The van der Waals surface area contributed by atoms with E-state index in [1.165, 1.54) is 9.13 Å². The molecule has 2 nitrogen and oxygen atoms in total. The predicted octanol–water partition coefficient (Wildman–Crippen LogP) is 2.15. The molecule has 2 N–H and O–H groups in total. The van der Waals surface area contributed by atoms with Crippen LogP contribution in [0.1, 0.15) is 18.9 Å². The van der Waals surface area contributed by atoms with Crippen molar-refractivity contribution in [3.63, 3.8) is 0 Å². The monoisotopic (exact) mass is 305 g/mol. The molecule has 1 unspecified atom stereocenters. The highest BCUT2D eigenvalue weighted by molar-refractivity contribution is 14.1. The number of aliphatic hydroxyl groups is 1. The van der Waals surface area contributed by atoms with Crippen molar-refractivity contribution >= 4 is 22.6 Å². The summed E-state index contributed by atoms with van der Waals surface area (Å²) in [5.41, 5.74) is 1.36. The molecule has 0 heterocycles.